The number of benzene rings is 2. The number of hydrogen-bond donors (Lipinski definition) is 1. The summed E-state index contributed by atoms with van der Waals surface area (Å²) in [7, 11) is -4.20. The van der Waals surface area contributed by atoms with Crippen molar-refractivity contribution >= 4 is 20.9 Å². The largest absolute Gasteiger partial charge is 0.295 e. The highest BCUT2D eigenvalue weighted by molar-refractivity contribution is 7.86. The van der Waals surface area contributed by atoms with Crippen LogP contribution in [0.4, 0.5) is 0 Å². The second kappa shape index (κ2) is 7.25. The van der Waals surface area contributed by atoms with Gasteiger partial charge >= 0.3 is 0 Å². The smallest absolute Gasteiger partial charge is 0.282 e. The molecule has 0 unspecified atom stereocenters. The van der Waals surface area contributed by atoms with Gasteiger partial charge in [0.1, 0.15) is 4.90 Å². The van der Waals surface area contributed by atoms with Crippen molar-refractivity contribution in [2.75, 3.05) is 0 Å². The summed E-state index contributed by atoms with van der Waals surface area (Å²) in [4.78, 5) is 0.00444. The molecule has 0 heterocycles. The summed E-state index contributed by atoms with van der Waals surface area (Å²) in [5.74, 6) is 0. The number of unbranched alkanes of at least 4 members (excludes halogenated alkanes) is 2. The van der Waals surface area contributed by atoms with Crippen LogP contribution in [0.25, 0.3) is 10.8 Å². The molecule has 0 aliphatic heterocycles. The van der Waals surface area contributed by atoms with Crippen LogP contribution < -0.4 is 0 Å². The topological polar surface area (TPSA) is 54.4 Å². The molecule has 1 N–H and O–H groups in total. The molecule has 0 radical (unpaired) electrons. The molecule has 0 saturated carbocycles. The minimum Gasteiger partial charge on any atom is -0.282 e. The SMILES string of the molecule is CCCCc1ccc2c(S(=O)(=O)O)cccc2c1CCCC. The number of rotatable bonds is 7. The highest BCUT2D eigenvalue weighted by Crippen LogP contribution is 2.30. The van der Waals surface area contributed by atoms with Crippen molar-refractivity contribution in [2.24, 2.45) is 0 Å². The summed E-state index contributed by atoms with van der Waals surface area (Å²) in [5.41, 5.74) is 2.54. The summed E-state index contributed by atoms with van der Waals surface area (Å²) in [5, 5.41) is 1.58. The lowest BCUT2D eigenvalue weighted by Gasteiger charge is -2.14. The van der Waals surface area contributed by atoms with Gasteiger partial charge in [0.25, 0.3) is 10.1 Å². The normalized spacial score (nSPS) is 12.0. The molecule has 2 rings (SSSR count). The Bertz CT molecular complexity index is 748. The first-order valence-electron chi connectivity index (χ1n) is 8.00. The minimum absolute atomic E-state index is 0.00444. The third kappa shape index (κ3) is 3.68. The number of aryl methyl sites for hydroxylation is 2. The maximum absolute atomic E-state index is 11.6. The number of fused-ring (bicyclic) bond motifs is 1. The van der Waals surface area contributed by atoms with Crippen LogP contribution in [0.15, 0.2) is 35.2 Å². The Morgan fingerprint density at radius 3 is 2.23 bits per heavy atom. The Hall–Kier alpha value is -1.39. The first-order valence-corrected chi connectivity index (χ1v) is 9.44. The third-order valence-corrected chi connectivity index (χ3v) is 5.00. The van der Waals surface area contributed by atoms with Crippen LogP contribution in [0.2, 0.25) is 0 Å². The monoisotopic (exact) mass is 320 g/mol. The number of hydrogen-bond acceptors (Lipinski definition) is 2. The minimum atomic E-state index is -4.20. The standard InChI is InChI=1S/C18H24O3S/c1-3-5-8-14-12-13-17-16(15(14)9-6-4-2)10-7-11-18(17)22(19,20)21/h7,10-13H,3-6,8-9H2,1-2H3,(H,19,20,21). The predicted molar refractivity (Wildman–Crippen MR) is 91.0 cm³/mol. The van der Waals surface area contributed by atoms with Crippen molar-refractivity contribution < 1.29 is 13.0 Å². The molecule has 0 amide bonds. The summed E-state index contributed by atoms with van der Waals surface area (Å²) >= 11 is 0. The van der Waals surface area contributed by atoms with Gasteiger partial charge in [-0.05, 0) is 48.3 Å². The van der Waals surface area contributed by atoms with Crippen molar-refractivity contribution in [3.8, 4) is 0 Å². The zero-order chi connectivity index (χ0) is 16.2. The second-order valence-corrected chi connectivity index (χ2v) is 7.13. The van der Waals surface area contributed by atoms with Gasteiger partial charge in [-0.3, -0.25) is 4.55 Å². The Kier molecular flexibility index (Phi) is 5.59. The molecule has 0 aromatic heterocycles. The Morgan fingerprint density at radius 1 is 0.909 bits per heavy atom. The van der Waals surface area contributed by atoms with Crippen molar-refractivity contribution in [1.82, 2.24) is 0 Å². The Morgan fingerprint density at radius 2 is 1.59 bits per heavy atom. The molecular weight excluding hydrogens is 296 g/mol. The van der Waals surface area contributed by atoms with Crippen LogP contribution >= 0.6 is 0 Å². The lowest BCUT2D eigenvalue weighted by atomic mass is 9.92. The fourth-order valence-electron chi connectivity index (χ4n) is 2.91. The molecule has 2 aromatic rings. The van der Waals surface area contributed by atoms with Crippen molar-refractivity contribution in [3.05, 3.63) is 41.5 Å². The van der Waals surface area contributed by atoms with Crippen molar-refractivity contribution in [2.45, 2.75) is 57.3 Å². The maximum Gasteiger partial charge on any atom is 0.295 e. The van der Waals surface area contributed by atoms with Gasteiger partial charge in [-0.15, -0.1) is 0 Å². The van der Waals surface area contributed by atoms with E-state index in [1.807, 2.05) is 18.2 Å². The van der Waals surface area contributed by atoms with Gasteiger partial charge in [0, 0.05) is 5.39 Å². The predicted octanol–water partition coefficient (Wildman–Crippen LogP) is 4.77. The van der Waals surface area contributed by atoms with Gasteiger partial charge in [-0.1, -0.05) is 51.0 Å². The van der Waals surface area contributed by atoms with E-state index in [0.717, 1.165) is 43.9 Å². The summed E-state index contributed by atoms with van der Waals surface area (Å²) in [6.07, 6.45) is 6.40. The van der Waals surface area contributed by atoms with E-state index in [1.165, 1.54) is 17.2 Å². The zero-order valence-corrected chi connectivity index (χ0v) is 14.1. The van der Waals surface area contributed by atoms with E-state index >= 15 is 0 Å². The van der Waals surface area contributed by atoms with Gasteiger partial charge in [-0.25, -0.2) is 0 Å². The van der Waals surface area contributed by atoms with E-state index in [-0.39, 0.29) is 4.90 Å². The van der Waals surface area contributed by atoms with Crippen LogP contribution in [-0.2, 0) is 23.0 Å². The van der Waals surface area contributed by atoms with E-state index in [4.69, 9.17) is 0 Å². The van der Waals surface area contributed by atoms with E-state index in [9.17, 15) is 13.0 Å². The van der Waals surface area contributed by atoms with Crippen LogP contribution in [0.1, 0.15) is 50.7 Å². The molecular formula is C18H24O3S. The molecule has 22 heavy (non-hydrogen) atoms. The van der Waals surface area contributed by atoms with Crippen molar-refractivity contribution in [3.63, 3.8) is 0 Å². The molecule has 0 atom stereocenters. The summed E-state index contributed by atoms with van der Waals surface area (Å²) in [6.45, 7) is 4.32. The van der Waals surface area contributed by atoms with E-state index < -0.39 is 10.1 Å². The first-order chi connectivity index (χ1) is 10.5. The van der Waals surface area contributed by atoms with Crippen LogP contribution in [-0.4, -0.2) is 13.0 Å². The van der Waals surface area contributed by atoms with Crippen LogP contribution in [0.5, 0.6) is 0 Å². The van der Waals surface area contributed by atoms with Crippen LogP contribution in [0, 0.1) is 0 Å². The van der Waals surface area contributed by atoms with Gasteiger partial charge in [0.05, 0.1) is 0 Å². The van der Waals surface area contributed by atoms with Gasteiger partial charge < -0.3 is 0 Å². The quantitative estimate of drug-likeness (QED) is 0.747. The average molecular weight is 320 g/mol. The second-order valence-electron chi connectivity index (χ2n) is 5.74. The molecule has 2 aromatic carbocycles. The van der Waals surface area contributed by atoms with E-state index in [2.05, 4.69) is 13.8 Å². The molecule has 0 fully saturated rings. The summed E-state index contributed by atoms with van der Waals surface area (Å²) < 4.78 is 32.6. The Labute approximate surface area is 133 Å². The highest BCUT2D eigenvalue weighted by atomic mass is 32.2. The molecule has 0 bridgehead atoms. The molecule has 3 nitrogen and oxygen atoms in total. The fraction of sp³-hybridized carbons (Fsp3) is 0.444. The lowest BCUT2D eigenvalue weighted by molar-refractivity contribution is 0.484. The lowest BCUT2D eigenvalue weighted by Crippen LogP contribution is -2.02. The molecule has 0 aliphatic carbocycles. The maximum atomic E-state index is 11.6. The van der Waals surface area contributed by atoms with Crippen LogP contribution in [0.3, 0.4) is 0 Å². The fourth-order valence-corrected chi connectivity index (χ4v) is 3.62. The highest BCUT2D eigenvalue weighted by Gasteiger charge is 2.16. The molecule has 0 saturated heterocycles. The van der Waals surface area contributed by atoms with Gasteiger partial charge in [-0.2, -0.15) is 8.42 Å². The molecule has 120 valence electrons. The third-order valence-electron chi connectivity index (χ3n) is 4.09. The summed E-state index contributed by atoms with van der Waals surface area (Å²) in [6, 6.07) is 9.00. The molecule has 4 heteroatoms. The van der Waals surface area contributed by atoms with Gasteiger partial charge in [0.2, 0.25) is 0 Å². The Balaban J connectivity index is 2.65. The zero-order valence-electron chi connectivity index (χ0n) is 13.3. The first kappa shape index (κ1) is 17.0. The van der Waals surface area contributed by atoms with E-state index in [1.54, 1.807) is 6.07 Å². The average Bonchev–Trinajstić information content (AvgIpc) is 2.49. The molecule has 0 spiro atoms. The van der Waals surface area contributed by atoms with Crippen molar-refractivity contribution in [1.29, 1.82) is 0 Å². The van der Waals surface area contributed by atoms with E-state index in [0.29, 0.717) is 5.39 Å². The van der Waals surface area contributed by atoms with Gasteiger partial charge in [0.15, 0.2) is 0 Å². The molecule has 0 aliphatic rings.